The number of aromatic nitrogens is 3. The molecule has 0 spiro atoms. The molecule has 1 saturated heterocycles. The fraction of sp³-hybridized carbons (Fsp3) is 0.417. The first-order valence-corrected chi connectivity index (χ1v) is 11.2. The summed E-state index contributed by atoms with van der Waals surface area (Å²) in [4.78, 5) is 36.1. The maximum Gasteiger partial charge on any atom is 0.293 e. The van der Waals surface area contributed by atoms with E-state index in [0.717, 1.165) is 19.5 Å². The van der Waals surface area contributed by atoms with E-state index in [2.05, 4.69) is 34.0 Å². The molecular weight excluding hydrogens is 456 g/mol. The van der Waals surface area contributed by atoms with E-state index >= 15 is 0 Å². The van der Waals surface area contributed by atoms with Crippen molar-refractivity contribution in [3.05, 3.63) is 45.8 Å². The largest absolute Gasteiger partial charge is 0.478 e. The molecule has 0 bridgehead atoms. The molecule has 9 nitrogen and oxygen atoms in total. The monoisotopic (exact) mass is 489 g/mol. The van der Waals surface area contributed by atoms with Gasteiger partial charge in [0.1, 0.15) is 5.02 Å². The summed E-state index contributed by atoms with van der Waals surface area (Å²) in [6.07, 6.45) is 2.69. The number of likely N-dealkylation sites (N-methyl/N-ethyl adjacent to an activating group) is 1. The lowest BCUT2D eigenvalue weighted by Gasteiger charge is -2.35. The van der Waals surface area contributed by atoms with Crippen molar-refractivity contribution >= 4 is 45.9 Å². The maximum atomic E-state index is 12.8. The van der Waals surface area contributed by atoms with Crippen molar-refractivity contribution in [3.63, 3.8) is 0 Å². The van der Waals surface area contributed by atoms with Gasteiger partial charge in [0, 0.05) is 42.3 Å². The number of hydrogen-bond donors (Lipinski definition) is 2. The predicted molar refractivity (Wildman–Crippen MR) is 134 cm³/mol. The zero-order valence-corrected chi connectivity index (χ0v) is 19.8. The maximum absolute atomic E-state index is 12.8. The number of nitrogens with one attached hydrogen (secondary N) is 2. The molecule has 180 valence electrons. The molecule has 1 amide bonds. The van der Waals surface area contributed by atoms with Gasteiger partial charge in [-0.05, 0) is 42.5 Å². The highest BCUT2D eigenvalue weighted by atomic mass is 35.5. The van der Waals surface area contributed by atoms with Crippen LogP contribution in [0.3, 0.4) is 0 Å². The average molecular weight is 490 g/mol. The van der Waals surface area contributed by atoms with Gasteiger partial charge in [-0.3, -0.25) is 9.59 Å². The van der Waals surface area contributed by atoms with Crippen molar-refractivity contribution in [1.29, 1.82) is 0 Å². The molecular formula is C24H29ClN6O3. The van der Waals surface area contributed by atoms with Crippen molar-refractivity contribution in [2.75, 3.05) is 36.8 Å². The van der Waals surface area contributed by atoms with Crippen LogP contribution in [-0.4, -0.2) is 47.1 Å². The fourth-order valence-electron chi connectivity index (χ4n) is 4.29. The third-order valence-corrected chi connectivity index (χ3v) is 5.98. The van der Waals surface area contributed by atoms with Crippen LogP contribution in [0.15, 0.2) is 35.3 Å². The molecule has 2 aromatic heterocycles. The number of aryl methyl sites for hydroxylation is 1. The molecule has 0 radical (unpaired) electrons. The Morgan fingerprint density at radius 1 is 1.32 bits per heavy atom. The molecule has 1 aliphatic heterocycles. The number of benzene rings is 1. The van der Waals surface area contributed by atoms with Gasteiger partial charge < -0.3 is 24.8 Å². The summed E-state index contributed by atoms with van der Waals surface area (Å²) < 4.78 is 43.4. The highest BCUT2D eigenvalue weighted by Gasteiger charge is 2.24. The highest BCUT2D eigenvalue weighted by Crippen LogP contribution is 2.29. The Labute approximate surface area is 210 Å². The van der Waals surface area contributed by atoms with Gasteiger partial charge in [-0.2, -0.15) is 4.98 Å². The number of halogens is 1. The van der Waals surface area contributed by atoms with Crippen LogP contribution < -0.4 is 25.8 Å². The lowest BCUT2D eigenvalue weighted by atomic mass is 9.92. The van der Waals surface area contributed by atoms with Crippen molar-refractivity contribution in [2.24, 2.45) is 18.9 Å². The minimum Gasteiger partial charge on any atom is -0.478 e. The summed E-state index contributed by atoms with van der Waals surface area (Å²) in [5.74, 6) is -0.0182. The van der Waals surface area contributed by atoms with Crippen molar-refractivity contribution < 1.29 is 16.4 Å². The van der Waals surface area contributed by atoms with Crippen LogP contribution in [0, 0.1) is 11.8 Å². The zero-order valence-electron chi connectivity index (χ0n) is 24.1. The van der Waals surface area contributed by atoms with Gasteiger partial charge in [-0.1, -0.05) is 25.4 Å². The first kappa shape index (κ1) is 18.1. The van der Waals surface area contributed by atoms with Crippen LogP contribution in [0.2, 0.25) is 5.02 Å². The number of piperidine rings is 1. The Morgan fingerprint density at radius 2 is 2.09 bits per heavy atom. The highest BCUT2D eigenvalue weighted by molar-refractivity contribution is 6.32. The van der Waals surface area contributed by atoms with Crippen LogP contribution in [0.5, 0.6) is 5.75 Å². The van der Waals surface area contributed by atoms with E-state index in [1.54, 1.807) is 24.4 Å². The molecule has 0 saturated carbocycles. The van der Waals surface area contributed by atoms with Crippen LogP contribution in [-0.2, 0) is 11.8 Å². The molecule has 3 aromatic rings. The summed E-state index contributed by atoms with van der Waals surface area (Å²) in [7, 11) is 1.47. The van der Waals surface area contributed by atoms with Crippen molar-refractivity contribution in [3.8, 4) is 5.75 Å². The summed E-state index contributed by atoms with van der Waals surface area (Å²) in [5.41, 5.74) is 0.376. The Morgan fingerprint density at radius 3 is 2.82 bits per heavy atom. The Bertz CT molecular complexity index is 1450. The van der Waals surface area contributed by atoms with Crippen molar-refractivity contribution in [2.45, 2.75) is 20.3 Å². The average Bonchev–Trinajstić information content (AvgIpc) is 2.82. The number of fused-ring (bicyclic) bond motifs is 1. The summed E-state index contributed by atoms with van der Waals surface area (Å²) in [6.45, 7) is 0.0485. The number of amides is 1. The molecule has 2 N–H and O–H groups in total. The summed E-state index contributed by atoms with van der Waals surface area (Å²) in [5, 5.41) is 5.51. The first-order valence-electron chi connectivity index (χ1n) is 13.3. The minimum atomic E-state index is -3.11. The number of hydrogen-bond acceptors (Lipinski definition) is 7. The normalized spacial score (nSPS) is 21.1. The molecule has 0 aliphatic carbocycles. The first-order chi connectivity index (χ1) is 18.1. The molecule has 4 rings (SSSR count). The standard InChI is InChI=1S/C24H29ClN6O3/c1-14-7-15(2)12-31(11-14)24-27-10-18(25)22(29-24)28-17-5-6-19-16(8-17)9-20(23(33)30(19)4)34-13-21(32)26-3/h5-6,8-10,14-15H,7,11-13H2,1-4H3,(H,26,32)(H,27,28,29)/t14-,15+/i3D3,13D2. The Kier molecular flexibility index (Phi) is 5.25. The van der Waals surface area contributed by atoms with Gasteiger partial charge in [-0.15, -0.1) is 0 Å². The number of nitrogens with zero attached hydrogens (tertiary/aromatic N) is 4. The van der Waals surface area contributed by atoms with Crippen LogP contribution >= 0.6 is 11.6 Å². The van der Waals surface area contributed by atoms with Crippen LogP contribution in [0.4, 0.5) is 17.5 Å². The molecule has 3 heterocycles. The number of anilines is 3. The van der Waals surface area contributed by atoms with E-state index in [0.29, 0.717) is 45.2 Å². The van der Waals surface area contributed by atoms with E-state index in [1.165, 1.54) is 23.0 Å². The molecule has 1 aromatic carbocycles. The lowest BCUT2D eigenvalue weighted by Crippen LogP contribution is -2.39. The van der Waals surface area contributed by atoms with Gasteiger partial charge in [-0.25, -0.2) is 4.98 Å². The van der Waals surface area contributed by atoms with Crippen LogP contribution in [0.25, 0.3) is 10.9 Å². The number of pyridine rings is 1. The molecule has 1 aliphatic rings. The Balaban J connectivity index is 1.63. The summed E-state index contributed by atoms with van der Waals surface area (Å²) >= 11 is 6.39. The smallest absolute Gasteiger partial charge is 0.293 e. The van der Waals surface area contributed by atoms with E-state index in [-0.39, 0.29) is 0 Å². The second kappa shape index (κ2) is 9.89. The van der Waals surface area contributed by atoms with Crippen molar-refractivity contribution in [1.82, 2.24) is 19.9 Å². The summed E-state index contributed by atoms with van der Waals surface area (Å²) in [6, 6.07) is 6.38. The lowest BCUT2D eigenvalue weighted by molar-refractivity contribution is -0.122. The number of ether oxygens (including phenoxy) is 1. The fourth-order valence-corrected chi connectivity index (χ4v) is 4.43. The Hall–Kier alpha value is -3.33. The molecule has 0 unspecified atom stereocenters. The molecule has 1 fully saturated rings. The third kappa shape index (κ3) is 5.09. The predicted octanol–water partition coefficient (Wildman–Crippen LogP) is 3.33. The quantitative estimate of drug-likeness (QED) is 0.547. The van der Waals surface area contributed by atoms with Gasteiger partial charge >= 0.3 is 0 Å². The topological polar surface area (TPSA) is 101 Å². The van der Waals surface area contributed by atoms with E-state index in [4.69, 9.17) is 23.2 Å². The molecule has 34 heavy (non-hydrogen) atoms. The second-order valence-corrected chi connectivity index (χ2v) is 9.05. The third-order valence-electron chi connectivity index (χ3n) is 5.70. The van der Waals surface area contributed by atoms with Gasteiger partial charge in [0.25, 0.3) is 11.5 Å². The van der Waals surface area contributed by atoms with E-state index in [9.17, 15) is 9.59 Å². The zero-order chi connectivity index (χ0) is 28.7. The molecule has 10 heteroatoms. The number of carbonyl (C=O) groups is 1. The van der Waals surface area contributed by atoms with E-state index < -0.39 is 30.8 Å². The van der Waals surface area contributed by atoms with Crippen LogP contribution in [0.1, 0.15) is 27.1 Å². The SMILES string of the molecule is [2H]C([2H])([2H])NC(=O)C([2H])([2H])Oc1cc2cc(Nc3nc(N4C[C@H](C)C[C@H](C)C4)ncc3Cl)ccc2n(C)c1=O. The number of carbonyl (C=O) groups excluding carboxylic acids is 1. The second-order valence-electron chi connectivity index (χ2n) is 8.65. The number of rotatable bonds is 6. The van der Waals surface area contributed by atoms with E-state index in [1.807, 2.05) is 0 Å². The van der Waals surface area contributed by atoms with Gasteiger partial charge in [0.05, 0.1) is 14.5 Å². The molecule has 2 atom stereocenters. The minimum absolute atomic E-state index is 0.315. The van der Waals surface area contributed by atoms with Gasteiger partial charge in [0.2, 0.25) is 5.95 Å². The van der Waals surface area contributed by atoms with Gasteiger partial charge in [0.15, 0.2) is 18.1 Å².